The van der Waals surface area contributed by atoms with Gasteiger partial charge in [0.1, 0.15) is 5.75 Å². The molecule has 0 saturated carbocycles. The van der Waals surface area contributed by atoms with Gasteiger partial charge in [-0.3, -0.25) is 4.79 Å². The molecule has 0 aliphatic carbocycles. The summed E-state index contributed by atoms with van der Waals surface area (Å²) in [4.78, 5) is 12.2. The minimum atomic E-state index is -0.228. The minimum Gasteiger partial charge on any atom is -0.497 e. The summed E-state index contributed by atoms with van der Waals surface area (Å²) in [5.74, 6) is 1.25. The number of hydrogen-bond acceptors (Lipinski definition) is 5. The molecule has 138 valence electrons. The maximum Gasteiger partial charge on any atom is 0.249 e. The van der Waals surface area contributed by atoms with Crippen molar-refractivity contribution >= 4 is 34.6 Å². The van der Waals surface area contributed by atoms with Gasteiger partial charge in [-0.05, 0) is 54.3 Å². The topological polar surface area (TPSA) is 63.0 Å². The fourth-order valence-electron chi connectivity index (χ4n) is 2.75. The number of amidine groups is 1. The molecule has 1 amide bonds. The first-order valence-electron chi connectivity index (χ1n) is 8.54. The van der Waals surface area contributed by atoms with Crippen LogP contribution in [-0.2, 0) is 4.79 Å². The second-order valence-corrected chi connectivity index (χ2v) is 7.07. The summed E-state index contributed by atoms with van der Waals surface area (Å²) >= 11 is 1.46. The van der Waals surface area contributed by atoms with Gasteiger partial charge in [-0.2, -0.15) is 5.10 Å². The van der Waals surface area contributed by atoms with E-state index in [9.17, 15) is 4.79 Å². The van der Waals surface area contributed by atoms with Crippen molar-refractivity contribution in [3.8, 4) is 5.75 Å². The predicted octanol–water partition coefficient (Wildman–Crippen LogP) is 3.95. The quantitative estimate of drug-likeness (QED) is 0.818. The van der Waals surface area contributed by atoms with E-state index in [-0.39, 0.29) is 5.91 Å². The number of thioether (sulfide) groups is 1. The Morgan fingerprint density at radius 1 is 1.15 bits per heavy atom. The summed E-state index contributed by atoms with van der Waals surface area (Å²) in [6.07, 6.45) is 3.33. The Hall–Kier alpha value is -2.86. The molecule has 2 aromatic rings. The molecule has 0 bridgehead atoms. The lowest BCUT2D eigenvalue weighted by atomic mass is 10.0. The number of hydrogen-bond donors (Lipinski definition) is 1. The van der Waals surface area contributed by atoms with Crippen molar-refractivity contribution in [1.82, 2.24) is 5.32 Å². The molecule has 1 N–H and O–H groups in total. The van der Waals surface area contributed by atoms with Crippen molar-refractivity contribution in [3.05, 3.63) is 70.8 Å². The fraction of sp³-hybridized carbons (Fsp3) is 0.190. The van der Waals surface area contributed by atoms with Gasteiger partial charge < -0.3 is 10.1 Å². The van der Waals surface area contributed by atoms with Crippen LogP contribution >= 0.6 is 11.8 Å². The van der Waals surface area contributed by atoms with Crippen LogP contribution < -0.4 is 10.1 Å². The van der Waals surface area contributed by atoms with Gasteiger partial charge >= 0.3 is 0 Å². The van der Waals surface area contributed by atoms with Crippen LogP contribution in [0.4, 0.5) is 0 Å². The summed E-state index contributed by atoms with van der Waals surface area (Å²) < 4.78 is 5.26. The highest BCUT2D eigenvalue weighted by Gasteiger charge is 2.13. The largest absolute Gasteiger partial charge is 0.497 e. The van der Waals surface area contributed by atoms with Crippen LogP contribution in [0.5, 0.6) is 5.75 Å². The molecule has 0 unspecified atom stereocenters. The molecule has 0 aromatic heterocycles. The Balaban J connectivity index is 1.66. The summed E-state index contributed by atoms with van der Waals surface area (Å²) in [6.45, 7) is 3.99. The number of nitrogens with one attached hydrogen (secondary N) is 1. The van der Waals surface area contributed by atoms with E-state index in [2.05, 4.69) is 15.5 Å². The zero-order valence-electron chi connectivity index (χ0n) is 15.5. The standard InChI is InChI=1S/C21H21N3O2S/c1-14-11-17(26-3)12-15(2)18(14)9-10-20(25)22-21-24-23-19(13-27-21)16-7-5-4-6-8-16/h4-12H,13H2,1-3H3,(H,22,24,25)/b10-9+. The Labute approximate surface area is 163 Å². The minimum absolute atomic E-state index is 0.228. The van der Waals surface area contributed by atoms with Gasteiger partial charge in [0.05, 0.1) is 12.8 Å². The summed E-state index contributed by atoms with van der Waals surface area (Å²) in [7, 11) is 1.64. The number of carbonyl (C=O) groups excluding carboxylic acids is 1. The molecule has 1 heterocycles. The van der Waals surface area contributed by atoms with Crippen LogP contribution in [0.1, 0.15) is 22.3 Å². The molecule has 0 spiro atoms. The van der Waals surface area contributed by atoms with E-state index in [1.165, 1.54) is 17.8 Å². The van der Waals surface area contributed by atoms with Gasteiger partial charge in [0.2, 0.25) is 5.91 Å². The lowest BCUT2D eigenvalue weighted by molar-refractivity contribution is -0.115. The van der Waals surface area contributed by atoms with E-state index in [1.54, 1.807) is 7.11 Å². The molecule has 6 heteroatoms. The maximum atomic E-state index is 12.2. The van der Waals surface area contributed by atoms with Crippen molar-refractivity contribution in [2.75, 3.05) is 12.9 Å². The number of amides is 1. The number of methoxy groups -OCH3 is 1. The van der Waals surface area contributed by atoms with E-state index in [4.69, 9.17) is 4.74 Å². The van der Waals surface area contributed by atoms with Crippen LogP contribution in [0.15, 0.2) is 58.7 Å². The molecular weight excluding hydrogens is 358 g/mol. The van der Waals surface area contributed by atoms with Crippen molar-refractivity contribution in [2.24, 2.45) is 10.2 Å². The van der Waals surface area contributed by atoms with E-state index in [0.717, 1.165) is 33.7 Å². The SMILES string of the molecule is COc1cc(C)c(/C=C/C(=O)NC2=NN=C(c3ccccc3)CS2)c(C)c1. The van der Waals surface area contributed by atoms with E-state index in [1.807, 2.05) is 62.4 Å². The van der Waals surface area contributed by atoms with Gasteiger partial charge in [0.25, 0.3) is 0 Å². The Morgan fingerprint density at radius 3 is 2.44 bits per heavy atom. The third-order valence-electron chi connectivity index (χ3n) is 4.15. The van der Waals surface area contributed by atoms with Crippen LogP contribution in [0, 0.1) is 13.8 Å². The number of benzene rings is 2. The zero-order valence-corrected chi connectivity index (χ0v) is 16.3. The molecule has 0 atom stereocenters. The highest BCUT2D eigenvalue weighted by atomic mass is 32.2. The zero-order chi connectivity index (χ0) is 19.2. The fourth-order valence-corrected chi connectivity index (χ4v) is 3.52. The summed E-state index contributed by atoms with van der Waals surface area (Å²) in [6, 6.07) is 13.8. The van der Waals surface area contributed by atoms with Crippen LogP contribution in [0.2, 0.25) is 0 Å². The Morgan fingerprint density at radius 2 is 1.85 bits per heavy atom. The molecule has 0 saturated heterocycles. The third kappa shape index (κ3) is 4.86. The number of nitrogens with zero attached hydrogens (tertiary/aromatic N) is 2. The van der Waals surface area contributed by atoms with Crippen molar-refractivity contribution in [2.45, 2.75) is 13.8 Å². The first kappa shape index (κ1) is 18.9. The lowest BCUT2D eigenvalue weighted by Gasteiger charge is -2.12. The molecule has 2 aromatic carbocycles. The predicted molar refractivity (Wildman–Crippen MR) is 113 cm³/mol. The summed E-state index contributed by atoms with van der Waals surface area (Å²) in [5.41, 5.74) is 5.06. The Kier molecular flexibility index (Phi) is 6.08. The van der Waals surface area contributed by atoms with Gasteiger partial charge in [0.15, 0.2) is 5.17 Å². The Bertz CT molecular complexity index is 911. The van der Waals surface area contributed by atoms with E-state index in [0.29, 0.717) is 10.9 Å². The van der Waals surface area contributed by atoms with Gasteiger partial charge in [-0.15, -0.1) is 5.10 Å². The molecule has 0 radical (unpaired) electrons. The highest BCUT2D eigenvalue weighted by molar-refractivity contribution is 8.14. The molecule has 1 aliphatic heterocycles. The van der Waals surface area contributed by atoms with Crippen LogP contribution in [-0.4, -0.2) is 29.6 Å². The van der Waals surface area contributed by atoms with Crippen LogP contribution in [0.25, 0.3) is 6.08 Å². The second kappa shape index (κ2) is 8.68. The van der Waals surface area contributed by atoms with Crippen molar-refractivity contribution < 1.29 is 9.53 Å². The third-order valence-corrected chi connectivity index (χ3v) is 5.02. The number of rotatable bonds is 4. The first-order valence-corrected chi connectivity index (χ1v) is 9.52. The molecule has 3 rings (SSSR count). The number of carbonyl (C=O) groups is 1. The molecule has 5 nitrogen and oxygen atoms in total. The summed E-state index contributed by atoms with van der Waals surface area (Å²) in [5, 5.41) is 11.6. The second-order valence-electron chi connectivity index (χ2n) is 6.10. The maximum absolute atomic E-state index is 12.2. The monoisotopic (exact) mass is 379 g/mol. The van der Waals surface area contributed by atoms with Gasteiger partial charge in [-0.1, -0.05) is 42.1 Å². The molecule has 0 fully saturated rings. The van der Waals surface area contributed by atoms with E-state index < -0.39 is 0 Å². The van der Waals surface area contributed by atoms with Crippen molar-refractivity contribution in [3.63, 3.8) is 0 Å². The molecule has 1 aliphatic rings. The molecular formula is C21H21N3O2S. The number of aryl methyl sites for hydroxylation is 2. The van der Waals surface area contributed by atoms with Gasteiger partial charge in [-0.25, -0.2) is 0 Å². The lowest BCUT2D eigenvalue weighted by Crippen LogP contribution is -2.29. The average Bonchev–Trinajstić information content (AvgIpc) is 2.68. The van der Waals surface area contributed by atoms with Crippen LogP contribution in [0.3, 0.4) is 0 Å². The number of ether oxygens (including phenoxy) is 1. The van der Waals surface area contributed by atoms with Crippen molar-refractivity contribution in [1.29, 1.82) is 0 Å². The average molecular weight is 379 g/mol. The first-order chi connectivity index (χ1) is 13.1. The van der Waals surface area contributed by atoms with E-state index >= 15 is 0 Å². The normalized spacial score (nSPS) is 13.9. The van der Waals surface area contributed by atoms with Gasteiger partial charge in [0, 0.05) is 11.8 Å². The highest BCUT2D eigenvalue weighted by Crippen LogP contribution is 2.22. The smallest absolute Gasteiger partial charge is 0.249 e. The molecule has 27 heavy (non-hydrogen) atoms.